The Balaban J connectivity index is 2.37. The second-order valence-electron chi connectivity index (χ2n) is 8.97. The second kappa shape index (κ2) is 9.77. The molecular weight excluding hydrogens is 556 g/mol. The normalized spacial score (nSPS) is 19.7. The summed E-state index contributed by atoms with van der Waals surface area (Å²) in [4.78, 5) is -6.48. The molecule has 0 saturated carbocycles. The fraction of sp³-hybridized carbons (Fsp3) is 0.273. The van der Waals surface area contributed by atoms with Gasteiger partial charge in [-0.05, 0) is 89.7 Å². The van der Waals surface area contributed by atoms with Gasteiger partial charge in [-0.25, -0.2) is 0 Å². The molecule has 0 aliphatic carbocycles. The SMILES string of the molecule is NCC(N)(c1cc(O)c2ccc3c(C(N)(CN)S(=O)[O-])cc(C(N)(CN)S(=O)[O-])c4ccc1c2c34)S(=O)[O-]. The van der Waals surface area contributed by atoms with Crippen LogP contribution in [-0.2, 0) is 47.9 Å². The highest BCUT2D eigenvalue weighted by molar-refractivity contribution is 7.80. The van der Waals surface area contributed by atoms with Gasteiger partial charge in [-0.3, -0.25) is 12.6 Å². The summed E-state index contributed by atoms with van der Waals surface area (Å²) in [5.74, 6) is -0.349. The van der Waals surface area contributed by atoms with E-state index in [1.165, 1.54) is 36.4 Å². The maximum absolute atomic E-state index is 12.3. The van der Waals surface area contributed by atoms with E-state index in [0.717, 1.165) is 0 Å². The van der Waals surface area contributed by atoms with Crippen molar-refractivity contribution in [3.63, 3.8) is 0 Å². The fourth-order valence-electron chi connectivity index (χ4n) is 4.83. The van der Waals surface area contributed by atoms with Gasteiger partial charge in [0.15, 0.2) is 0 Å². The molecule has 0 fully saturated rings. The number of rotatable bonds is 9. The van der Waals surface area contributed by atoms with Crippen LogP contribution in [0.2, 0.25) is 0 Å². The lowest BCUT2D eigenvalue weighted by molar-refractivity contribution is 0.472. The number of hydrogen-bond donors (Lipinski definition) is 7. The van der Waals surface area contributed by atoms with Gasteiger partial charge in [-0.1, -0.05) is 18.2 Å². The van der Waals surface area contributed by atoms with E-state index in [1.807, 2.05) is 0 Å². The third-order valence-corrected chi connectivity index (χ3v) is 9.99. The molecule has 0 aromatic heterocycles. The van der Waals surface area contributed by atoms with E-state index in [2.05, 4.69) is 0 Å². The lowest BCUT2D eigenvalue weighted by Gasteiger charge is -2.37. The van der Waals surface area contributed by atoms with Crippen molar-refractivity contribution in [3.05, 3.63) is 53.1 Å². The largest absolute Gasteiger partial charge is 0.771 e. The van der Waals surface area contributed by atoms with Gasteiger partial charge in [0.25, 0.3) is 0 Å². The number of phenols is 1. The molecule has 16 heteroatoms. The number of aromatic hydroxyl groups is 1. The first-order valence-corrected chi connectivity index (χ1v) is 14.2. The van der Waals surface area contributed by atoms with E-state index >= 15 is 0 Å². The highest BCUT2D eigenvalue weighted by Crippen LogP contribution is 2.47. The van der Waals surface area contributed by atoms with Crippen LogP contribution in [0.25, 0.3) is 32.3 Å². The summed E-state index contributed by atoms with van der Waals surface area (Å²) in [6.07, 6.45) is 0. The van der Waals surface area contributed by atoms with E-state index < -0.39 is 67.5 Å². The molecule has 0 amide bonds. The Morgan fingerprint density at radius 1 is 0.605 bits per heavy atom. The van der Waals surface area contributed by atoms with Crippen molar-refractivity contribution in [2.45, 2.75) is 14.6 Å². The standard InChI is InChI=1S/C22H28N6O7S3/c23-7-20(26,36(30)31)14-5-15(21(27,8-24)37(32)33)11-3-4-13-17(29)6-16(22(28,9-25)38(34)35)12-2-1-10(14)18(11)19(12)13/h1-6,29H,7-9,23-28H2,(H,30,31)(H,32,33)(H,34,35)/p-3. The van der Waals surface area contributed by atoms with Crippen molar-refractivity contribution in [3.8, 4) is 5.75 Å². The topological polar surface area (TPSA) is 297 Å². The maximum atomic E-state index is 12.3. The first-order valence-electron chi connectivity index (χ1n) is 11.0. The summed E-state index contributed by atoms with van der Waals surface area (Å²) in [5, 5.41) is 12.4. The summed E-state index contributed by atoms with van der Waals surface area (Å²) in [7, 11) is 0. The molecular formula is C22H25N6O7S3-3. The van der Waals surface area contributed by atoms with Crippen LogP contribution in [-0.4, -0.2) is 51.0 Å². The number of hydrogen-bond acceptors (Lipinski definition) is 13. The van der Waals surface area contributed by atoms with Gasteiger partial charge in [-0.15, -0.1) is 0 Å². The zero-order valence-electron chi connectivity index (χ0n) is 19.7. The minimum Gasteiger partial charge on any atom is -0.771 e. The molecule has 0 radical (unpaired) electrons. The van der Waals surface area contributed by atoms with E-state index in [9.17, 15) is 31.4 Å². The van der Waals surface area contributed by atoms with E-state index in [1.54, 1.807) is 0 Å². The third kappa shape index (κ3) is 3.88. The molecule has 0 saturated heterocycles. The lowest BCUT2D eigenvalue weighted by Crippen LogP contribution is -2.50. The monoisotopic (exact) mass is 581 g/mol. The first kappa shape index (κ1) is 28.8. The van der Waals surface area contributed by atoms with Crippen LogP contribution in [0.5, 0.6) is 5.75 Å². The Labute approximate surface area is 224 Å². The van der Waals surface area contributed by atoms with E-state index in [4.69, 9.17) is 34.4 Å². The quantitative estimate of drug-likeness (QED) is 0.0843. The van der Waals surface area contributed by atoms with Gasteiger partial charge in [-0.2, -0.15) is 0 Å². The van der Waals surface area contributed by atoms with E-state index in [-0.39, 0.29) is 54.8 Å². The number of benzene rings is 4. The third-order valence-electron chi connectivity index (χ3n) is 7.05. The highest BCUT2D eigenvalue weighted by atomic mass is 32.2. The molecule has 4 aromatic rings. The predicted octanol–water partition coefficient (Wildman–Crippen LogP) is -1.86. The van der Waals surface area contributed by atoms with Crippen LogP contribution >= 0.6 is 0 Å². The molecule has 13 N–H and O–H groups in total. The minimum atomic E-state index is -2.99. The molecule has 0 bridgehead atoms. The molecule has 0 aliphatic rings. The molecule has 0 spiro atoms. The average molecular weight is 582 g/mol. The van der Waals surface area contributed by atoms with Crippen LogP contribution in [0.15, 0.2) is 36.4 Å². The zero-order valence-corrected chi connectivity index (χ0v) is 22.1. The molecule has 38 heavy (non-hydrogen) atoms. The summed E-state index contributed by atoms with van der Waals surface area (Å²) in [6, 6.07) is 8.37. The van der Waals surface area contributed by atoms with Crippen LogP contribution in [0.3, 0.4) is 0 Å². The Kier molecular flexibility index (Phi) is 7.41. The zero-order chi connectivity index (χ0) is 28.4. The maximum Gasteiger partial charge on any atom is 0.123 e. The van der Waals surface area contributed by atoms with Crippen molar-refractivity contribution in [1.82, 2.24) is 0 Å². The van der Waals surface area contributed by atoms with Gasteiger partial charge >= 0.3 is 0 Å². The molecule has 0 heterocycles. The van der Waals surface area contributed by atoms with Crippen molar-refractivity contribution in [2.75, 3.05) is 19.6 Å². The van der Waals surface area contributed by atoms with Crippen LogP contribution in [0, 0.1) is 0 Å². The van der Waals surface area contributed by atoms with Gasteiger partial charge in [0.05, 0.1) is 0 Å². The van der Waals surface area contributed by atoms with Gasteiger partial charge < -0.3 is 53.2 Å². The first-order chi connectivity index (χ1) is 17.7. The number of phenolic OH excluding ortho intramolecular Hbond substituents is 1. The fourth-order valence-corrected chi connectivity index (χ4v) is 6.28. The van der Waals surface area contributed by atoms with E-state index in [0.29, 0.717) is 0 Å². The molecule has 206 valence electrons. The Bertz CT molecular complexity index is 1610. The second-order valence-corrected chi connectivity index (χ2v) is 12.6. The number of nitrogens with two attached hydrogens (primary N) is 6. The van der Waals surface area contributed by atoms with Crippen LogP contribution in [0.4, 0.5) is 0 Å². The molecule has 4 rings (SSSR count). The van der Waals surface area contributed by atoms with Gasteiger partial charge in [0.2, 0.25) is 0 Å². The van der Waals surface area contributed by atoms with Crippen molar-refractivity contribution in [1.29, 1.82) is 0 Å². The summed E-state index contributed by atoms with van der Waals surface area (Å²) in [6.45, 7) is -1.71. The molecule has 4 aromatic carbocycles. The lowest BCUT2D eigenvalue weighted by atomic mass is 9.83. The summed E-state index contributed by atoms with van der Waals surface area (Å²) >= 11 is -8.91. The Morgan fingerprint density at radius 3 is 1.21 bits per heavy atom. The highest BCUT2D eigenvalue weighted by Gasteiger charge is 2.37. The molecule has 6 atom stereocenters. The van der Waals surface area contributed by atoms with Crippen LogP contribution < -0.4 is 34.4 Å². The average Bonchev–Trinajstić information content (AvgIpc) is 2.90. The van der Waals surface area contributed by atoms with Crippen molar-refractivity contribution >= 4 is 65.6 Å². The van der Waals surface area contributed by atoms with Crippen molar-refractivity contribution in [2.24, 2.45) is 34.4 Å². The van der Waals surface area contributed by atoms with Crippen LogP contribution in [0.1, 0.15) is 16.7 Å². The smallest absolute Gasteiger partial charge is 0.123 e. The summed E-state index contributed by atoms with van der Waals surface area (Å²) in [5.41, 5.74) is 35.8. The molecule has 13 nitrogen and oxygen atoms in total. The summed E-state index contributed by atoms with van der Waals surface area (Å²) < 4.78 is 73.5. The Hall–Kier alpha value is -2.19. The van der Waals surface area contributed by atoms with Gasteiger partial charge in [0, 0.05) is 30.4 Å². The van der Waals surface area contributed by atoms with Gasteiger partial charge in [0.1, 0.15) is 20.4 Å². The molecule has 6 unspecified atom stereocenters. The minimum absolute atomic E-state index is 0.0323. The molecule has 0 aliphatic heterocycles. The van der Waals surface area contributed by atoms with Crippen molar-refractivity contribution < 1.29 is 31.4 Å². The predicted molar refractivity (Wildman–Crippen MR) is 143 cm³/mol. The Morgan fingerprint density at radius 2 is 0.895 bits per heavy atom.